The van der Waals surface area contributed by atoms with Crippen molar-refractivity contribution in [3.05, 3.63) is 73.3 Å². The van der Waals surface area contributed by atoms with Crippen LogP contribution in [0.1, 0.15) is 80.9 Å². The molecule has 0 saturated carbocycles. The van der Waals surface area contributed by atoms with Gasteiger partial charge >= 0.3 is 0 Å². The first-order valence-corrected chi connectivity index (χ1v) is 26.7. The van der Waals surface area contributed by atoms with Crippen LogP contribution < -0.4 is 15.7 Å². The molecular weight excluding hydrogens is 772 g/mol. The summed E-state index contributed by atoms with van der Waals surface area (Å²) in [7, 11) is -5.86. The van der Waals surface area contributed by atoms with E-state index in [9.17, 15) is 4.79 Å². The van der Waals surface area contributed by atoms with Crippen molar-refractivity contribution >= 4 is 58.2 Å². The second-order valence-corrected chi connectivity index (χ2v) is 28.1. The van der Waals surface area contributed by atoms with Gasteiger partial charge in [0, 0.05) is 19.5 Å². The Morgan fingerprint density at radius 3 is 2.18 bits per heavy atom. The summed E-state index contributed by atoms with van der Waals surface area (Å²) in [4.78, 5) is 25.6. The minimum Gasteiger partial charge on any atom is -0.394 e. The molecule has 2 aromatic heterocycles. The number of carbonyl (C=O) groups is 1. The van der Waals surface area contributed by atoms with Crippen LogP contribution in [-0.4, -0.2) is 90.3 Å². The Morgan fingerprint density at radius 2 is 1.58 bits per heavy atom. The summed E-state index contributed by atoms with van der Waals surface area (Å²) in [6, 6.07) is 23.3. The molecule has 3 aliphatic rings. The van der Waals surface area contributed by atoms with Gasteiger partial charge in [-0.05, 0) is 41.9 Å². The highest BCUT2D eigenvalue weighted by molar-refractivity contribution is 7.45. The fourth-order valence-electron chi connectivity index (χ4n) is 9.96. The highest BCUT2D eigenvalue weighted by Gasteiger charge is 2.55. The lowest BCUT2D eigenvalue weighted by Gasteiger charge is -2.42. The molecule has 1 unspecified atom stereocenters. The monoisotopic (exact) mass is 832 g/mol. The molecular formula is C42H61N6O6PSi2. The van der Waals surface area contributed by atoms with Crippen LogP contribution in [-0.2, 0) is 27.7 Å². The lowest BCUT2D eigenvalue weighted by molar-refractivity contribution is -0.114. The Labute approximate surface area is 341 Å². The number of hydrogen-bond donors (Lipinski definition) is 1. The number of imidazole rings is 1. The molecule has 0 bridgehead atoms. The molecule has 7 rings (SSSR count). The van der Waals surface area contributed by atoms with Crippen molar-refractivity contribution in [1.29, 1.82) is 0 Å². The first-order valence-electron chi connectivity index (χ1n) is 20.8. The maximum Gasteiger partial charge on any atom is 0.259 e. The Kier molecular flexibility index (Phi) is 13.1. The fraction of sp³-hybridized carbons (Fsp3) is 0.571. The van der Waals surface area contributed by atoms with Gasteiger partial charge in [-0.2, -0.15) is 0 Å². The number of nitrogens with one attached hydrogen (secondary N) is 1. The molecule has 5 heterocycles. The fourth-order valence-corrected chi connectivity index (χ4v) is 21.2. The SMILES string of the molecule is CC[C@H]1O[C@@H](n2cnc3c(NC(C)=O)ncnc32)C(OCO[Si](C(C)C)(C(C)C)C(C)C)[C@H]1O[P@@]1O[C@H](C[Si](C)(c2ccccc2)c2ccccc2)[C@@H]2CCCN21. The molecule has 0 aliphatic carbocycles. The van der Waals surface area contributed by atoms with Crippen LogP contribution in [0.5, 0.6) is 0 Å². The van der Waals surface area contributed by atoms with Gasteiger partial charge in [0.1, 0.15) is 33.4 Å². The van der Waals surface area contributed by atoms with Gasteiger partial charge in [-0.1, -0.05) is 126 Å². The number of aromatic nitrogens is 4. The van der Waals surface area contributed by atoms with E-state index in [1.54, 1.807) is 6.33 Å². The summed E-state index contributed by atoms with van der Waals surface area (Å²) >= 11 is 0. The van der Waals surface area contributed by atoms with E-state index in [1.165, 1.54) is 23.6 Å². The topological polar surface area (TPSA) is 122 Å². The third-order valence-corrected chi connectivity index (χ3v) is 24.9. The number of fused-ring (bicyclic) bond motifs is 2. The zero-order valence-electron chi connectivity index (χ0n) is 35.0. The smallest absolute Gasteiger partial charge is 0.259 e. The number of anilines is 1. The molecule has 1 amide bonds. The van der Waals surface area contributed by atoms with Gasteiger partial charge in [-0.3, -0.25) is 9.36 Å². The predicted octanol–water partition coefficient (Wildman–Crippen LogP) is 8.00. The van der Waals surface area contributed by atoms with E-state index >= 15 is 0 Å². The summed E-state index contributed by atoms with van der Waals surface area (Å²) in [5.74, 6) is 0.113. The molecule has 308 valence electrons. The van der Waals surface area contributed by atoms with Crippen molar-refractivity contribution in [2.24, 2.45) is 0 Å². The highest BCUT2D eigenvalue weighted by Crippen LogP contribution is 2.59. The minimum absolute atomic E-state index is 0.0350. The van der Waals surface area contributed by atoms with E-state index in [2.05, 4.69) is 141 Å². The Balaban J connectivity index is 1.20. The van der Waals surface area contributed by atoms with Crippen LogP contribution in [0.4, 0.5) is 5.82 Å². The average molecular weight is 833 g/mol. The number of hydrogen-bond acceptors (Lipinski definition) is 10. The van der Waals surface area contributed by atoms with Gasteiger partial charge < -0.3 is 28.3 Å². The van der Waals surface area contributed by atoms with Crippen LogP contribution in [0, 0.1) is 0 Å². The summed E-state index contributed by atoms with van der Waals surface area (Å²) in [6.07, 6.45) is 4.11. The summed E-state index contributed by atoms with van der Waals surface area (Å²) in [6.45, 7) is 20.8. The van der Waals surface area contributed by atoms with E-state index in [4.69, 9.17) is 22.9 Å². The molecule has 7 atom stereocenters. The molecule has 1 N–H and O–H groups in total. The number of ether oxygens (including phenoxy) is 2. The van der Waals surface area contributed by atoms with Crippen LogP contribution in [0.2, 0.25) is 29.2 Å². The van der Waals surface area contributed by atoms with Crippen LogP contribution in [0.25, 0.3) is 11.2 Å². The largest absolute Gasteiger partial charge is 0.394 e. The molecule has 4 aromatic rings. The summed E-state index contributed by atoms with van der Waals surface area (Å²) < 4.78 is 39.6. The number of benzene rings is 2. The molecule has 0 spiro atoms. The van der Waals surface area contributed by atoms with Crippen LogP contribution in [0.3, 0.4) is 0 Å². The molecule has 3 saturated heterocycles. The lowest BCUT2D eigenvalue weighted by atomic mass is 10.1. The Bertz CT molecular complexity index is 1900. The summed E-state index contributed by atoms with van der Waals surface area (Å²) in [5, 5.41) is 5.61. The Morgan fingerprint density at radius 1 is 0.930 bits per heavy atom. The number of nitrogens with zero attached hydrogens (tertiary/aromatic N) is 5. The minimum atomic E-state index is -2.26. The zero-order valence-corrected chi connectivity index (χ0v) is 37.9. The van der Waals surface area contributed by atoms with E-state index in [1.807, 2.05) is 4.57 Å². The van der Waals surface area contributed by atoms with Gasteiger partial charge in [0.05, 0.1) is 18.5 Å². The predicted molar refractivity (Wildman–Crippen MR) is 231 cm³/mol. The normalized spacial score (nSPS) is 25.6. The molecule has 3 fully saturated rings. The van der Waals surface area contributed by atoms with Crippen LogP contribution >= 0.6 is 8.53 Å². The number of amides is 1. The van der Waals surface area contributed by atoms with Gasteiger partial charge in [0.2, 0.25) is 14.2 Å². The maximum absolute atomic E-state index is 12.0. The van der Waals surface area contributed by atoms with Crippen molar-refractivity contribution in [3.8, 4) is 0 Å². The van der Waals surface area contributed by atoms with Crippen molar-refractivity contribution in [2.75, 3.05) is 18.7 Å². The van der Waals surface area contributed by atoms with Crippen molar-refractivity contribution < 1.29 is 27.7 Å². The highest BCUT2D eigenvalue weighted by atomic mass is 31.2. The molecule has 0 radical (unpaired) electrons. The number of rotatable bonds is 16. The molecule has 2 aromatic carbocycles. The average Bonchev–Trinajstić information content (AvgIpc) is 3.98. The van der Waals surface area contributed by atoms with E-state index in [-0.39, 0.29) is 30.9 Å². The lowest BCUT2D eigenvalue weighted by Crippen LogP contribution is -2.58. The molecule has 15 heteroatoms. The zero-order chi connectivity index (χ0) is 40.5. The second-order valence-electron chi connectivity index (χ2n) is 17.0. The molecule has 57 heavy (non-hydrogen) atoms. The van der Waals surface area contributed by atoms with Crippen molar-refractivity contribution in [1.82, 2.24) is 24.2 Å². The van der Waals surface area contributed by atoms with Gasteiger partial charge in [-0.15, -0.1) is 0 Å². The summed E-state index contributed by atoms with van der Waals surface area (Å²) in [5.41, 5.74) is 2.20. The van der Waals surface area contributed by atoms with E-state index < -0.39 is 43.4 Å². The van der Waals surface area contributed by atoms with E-state index in [0.29, 0.717) is 40.0 Å². The van der Waals surface area contributed by atoms with Crippen molar-refractivity contribution in [3.63, 3.8) is 0 Å². The second kappa shape index (κ2) is 17.7. The van der Waals surface area contributed by atoms with Crippen molar-refractivity contribution in [2.45, 2.75) is 141 Å². The van der Waals surface area contributed by atoms with Gasteiger partial charge in [0.25, 0.3) is 8.53 Å². The molecule has 12 nitrogen and oxygen atoms in total. The maximum atomic E-state index is 12.0. The third-order valence-electron chi connectivity index (χ3n) is 12.7. The first kappa shape index (κ1) is 42.2. The van der Waals surface area contributed by atoms with Gasteiger partial charge in [0.15, 0.2) is 23.2 Å². The third kappa shape index (κ3) is 8.19. The molecule has 3 aliphatic heterocycles. The first-order chi connectivity index (χ1) is 27.4. The standard InChI is InChI=1S/C42H61N6O6PSi2/c1-10-35-38(54-55-48-23-17-22-34(48)36(53-55)24-56(9,32-18-13-11-14-19-32)33-20-15-12-16-21-33)39(50-27-51-57(28(2)3,29(4)5)30(6)7)42(52-35)47-26-45-37-40(46-31(8)49)43-25-44-41(37)47/h11-16,18-21,25-26,28-30,34-36,38-39,42H,10,17,22-24,27H2,1-9H3,(H,43,44,46,49)/t34-,35+,36+,38-,39?,42+,55+/m0/s1. The van der Waals surface area contributed by atoms with E-state index in [0.717, 1.165) is 25.4 Å². The Hall–Kier alpha value is -2.92. The van der Waals surface area contributed by atoms with Gasteiger partial charge in [-0.25, -0.2) is 19.6 Å². The quantitative estimate of drug-likeness (QED) is 0.0676. The number of carbonyl (C=O) groups excluding carboxylic acids is 1. The van der Waals surface area contributed by atoms with Crippen LogP contribution in [0.15, 0.2) is 73.3 Å².